The van der Waals surface area contributed by atoms with Crippen molar-refractivity contribution in [2.75, 3.05) is 5.32 Å². The number of carbonyl (C=O) groups excluding carboxylic acids is 2. The molecule has 3 rings (SSSR count). The number of aromatic nitrogens is 3. The Labute approximate surface area is 139 Å². The number of ketones is 1. The first kappa shape index (κ1) is 15.7. The summed E-state index contributed by atoms with van der Waals surface area (Å²) in [6.07, 6.45) is 6.98. The van der Waals surface area contributed by atoms with Gasteiger partial charge in [-0.2, -0.15) is 0 Å². The molecule has 1 aromatic carbocycles. The van der Waals surface area contributed by atoms with Crippen molar-refractivity contribution in [1.82, 2.24) is 14.1 Å². The van der Waals surface area contributed by atoms with E-state index >= 15 is 0 Å². The lowest BCUT2D eigenvalue weighted by atomic mass is 10.1. The summed E-state index contributed by atoms with van der Waals surface area (Å²) in [5.41, 5.74) is 1.06. The summed E-state index contributed by atoms with van der Waals surface area (Å²) in [7, 11) is 1.77. The van der Waals surface area contributed by atoms with Crippen LogP contribution in [0.4, 0.5) is 5.69 Å². The van der Waals surface area contributed by atoms with E-state index in [1.165, 1.54) is 0 Å². The number of anilines is 1. The number of hydrogen-bond donors (Lipinski definition) is 1. The van der Waals surface area contributed by atoms with Gasteiger partial charge in [0.1, 0.15) is 6.04 Å². The minimum atomic E-state index is -0.339. The number of amides is 1. The molecule has 0 unspecified atom stereocenters. The van der Waals surface area contributed by atoms with Crippen LogP contribution in [0.25, 0.3) is 0 Å². The summed E-state index contributed by atoms with van der Waals surface area (Å²) in [4.78, 5) is 28.9. The molecule has 2 aromatic heterocycles. The van der Waals surface area contributed by atoms with E-state index in [2.05, 4.69) is 10.3 Å². The predicted octanol–water partition coefficient (Wildman–Crippen LogP) is 2.65. The highest BCUT2D eigenvalue weighted by Crippen LogP contribution is 2.16. The molecule has 0 saturated carbocycles. The van der Waals surface area contributed by atoms with Crippen LogP contribution in [0.1, 0.15) is 29.1 Å². The fourth-order valence-corrected chi connectivity index (χ4v) is 2.44. The van der Waals surface area contributed by atoms with Crippen LogP contribution >= 0.6 is 0 Å². The standard InChI is InChI=1S/C18H18N4O2/c1-13(22-9-3-4-10-22)18(24)20-15-7-5-6-14(12-15)16(23)17-19-8-11-21(17)2/h3-13H,1-2H3,(H,20,24)/t13-/m1/s1. The second-order valence-corrected chi connectivity index (χ2v) is 5.57. The van der Waals surface area contributed by atoms with Gasteiger partial charge < -0.3 is 14.5 Å². The topological polar surface area (TPSA) is 68.9 Å². The van der Waals surface area contributed by atoms with Crippen molar-refractivity contribution >= 4 is 17.4 Å². The highest BCUT2D eigenvalue weighted by molar-refractivity contribution is 6.07. The molecule has 3 aromatic rings. The zero-order valence-corrected chi connectivity index (χ0v) is 13.5. The smallest absolute Gasteiger partial charge is 0.247 e. The minimum absolute atomic E-state index is 0.146. The summed E-state index contributed by atoms with van der Waals surface area (Å²) < 4.78 is 3.49. The Morgan fingerprint density at radius 1 is 1.12 bits per heavy atom. The molecule has 1 amide bonds. The third-order valence-corrected chi connectivity index (χ3v) is 3.87. The van der Waals surface area contributed by atoms with Crippen LogP contribution < -0.4 is 5.32 Å². The van der Waals surface area contributed by atoms with E-state index in [1.807, 2.05) is 36.0 Å². The molecule has 6 heteroatoms. The molecule has 0 bridgehead atoms. The van der Waals surface area contributed by atoms with Gasteiger partial charge in [-0.3, -0.25) is 9.59 Å². The van der Waals surface area contributed by atoms with Gasteiger partial charge in [-0.05, 0) is 31.2 Å². The molecule has 2 heterocycles. The van der Waals surface area contributed by atoms with E-state index < -0.39 is 0 Å². The van der Waals surface area contributed by atoms with E-state index in [9.17, 15) is 9.59 Å². The van der Waals surface area contributed by atoms with Crippen LogP contribution in [0.15, 0.2) is 61.2 Å². The van der Waals surface area contributed by atoms with Gasteiger partial charge in [-0.1, -0.05) is 12.1 Å². The summed E-state index contributed by atoms with van der Waals surface area (Å²) in [6.45, 7) is 1.82. The summed E-state index contributed by atoms with van der Waals surface area (Å²) >= 11 is 0. The third kappa shape index (κ3) is 3.12. The SMILES string of the molecule is C[C@H](C(=O)Nc1cccc(C(=O)c2nccn2C)c1)n1cccc1. The Balaban J connectivity index is 1.77. The Morgan fingerprint density at radius 3 is 2.54 bits per heavy atom. The number of benzene rings is 1. The number of imidazole rings is 1. The van der Waals surface area contributed by atoms with Gasteiger partial charge in [-0.25, -0.2) is 4.98 Å². The number of nitrogens with one attached hydrogen (secondary N) is 1. The lowest BCUT2D eigenvalue weighted by Gasteiger charge is -2.14. The first-order chi connectivity index (χ1) is 11.6. The van der Waals surface area contributed by atoms with E-state index in [0.717, 1.165) is 0 Å². The van der Waals surface area contributed by atoms with Gasteiger partial charge in [0.15, 0.2) is 5.82 Å². The highest BCUT2D eigenvalue weighted by Gasteiger charge is 2.16. The quantitative estimate of drug-likeness (QED) is 0.734. The van der Waals surface area contributed by atoms with E-state index in [4.69, 9.17) is 0 Å². The Hall–Kier alpha value is -3.15. The van der Waals surface area contributed by atoms with E-state index in [1.54, 1.807) is 48.3 Å². The van der Waals surface area contributed by atoms with Crippen molar-refractivity contribution in [2.45, 2.75) is 13.0 Å². The van der Waals surface area contributed by atoms with Crippen LogP contribution in [-0.4, -0.2) is 25.8 Å². The largest absolute Gasteiger partial charge is 0.342 e. The van der Waals surface area contributed by atoms with Crippen molar-refractivity contribution in [2.24, 2.45) is 7.05 Å². The maximum absolute atomic E-state index is 12.5. The molecule has 0 spiro atoms. The zero-order chi connectivity index (χ0) is 17.1. The fourth-order valence-electron chi connectivity index (χ4n) is 2.44. The van der Waals surface area contributed by atoms with Crippen molar-refractivity contribution in [3.05, 3.63) is 72.6 Å². The second-order valence-electron chi connectivity index (χ2n) is 5.57. The van der Waals surface area contributed by atoms with E-state index in [-0.39, 0.29) is 17.7 Å². The van der Waals surface area contributed by atoms with Crippen molar-refractivity contribution in [1.29, 1.82) is 0 Å². The molecule has 0 saturated heterocycles. The van der Waals surface area contributed by atoms with E-state index in [0.29, 0.717) is 17.1 Å². The maximum Gasteiger partial charge on any atom is 0.247 e. The highest BCUT2D eigenvalue weighted by atomic mass is 16.2. The second kappa shape index (κ2) is 6.54. The Morgan fingerprint density at radius 2 is 1.88 bits per heavy atom. The average Bonchev–Trinajstić information content (AvgIpc) is 3.25. The lowest BCUT2D eigenvalue weighted by molar-refractivity contribution is -0.118. The van der Waals surface area contributed by atoms with Gasteiger partial charge in [0.05, 0.1) is 0 Å². The number of carbonyl (C=O) groups is 2. The number of aryl methyl sites for hydroxylation is 1. The normalized spacial score (nSPS) is 11.9. The van der Waals surface area contributed by atoms with Gasteiger partial charge in [-0.15, -0.1) is 0 Å². The molecule has 0 fully saturated rings. The van der Waals surface area contributed by atoms with Crippen LogP contribution in [0.3, 0.4) is 0 Å². The first-order valence-electron chi connectivity index (χ1n) is 7.61. The van der Waals surface area contributed by atoms with Gasteiger partial charge in [0.2, 0.25) is 11.7 Å². The van der Waals surface area contributed by atoms with Gasteiger partial charge >= 0.3 is 0 Å². The molecule has 0 aliphatic heterocycles. The van der Waals surface area contributed by atoms with Crippen molar-refractivity contribution < 1.29 is 9.59 Å². The first-order valence-corrected chi connectivity index (χ1v) is 7.61. The van der Waals surface area contributed by atoms with Crippen LogP contribution in [-0.2, 0) is 11.8 Å². The van der Waals surface area contributed by atoms with Crippen molar-refractivity contribution in [3.63, 3.8) is 0 Å². The molecule has 1 atom stereocenters. The molecule has 0 aliphatic carbocycles. The monoisotopic (exact) mass is 322 g/mol. The van der Waals surface area contributed by atoms with Crippen LogP contribution in [0, 0.1) is 0 Å². The summed E-state index contributed by atoms with van der Waals surface area (Å²) in [5.74, 6) is 0.0315. The Bertz CT molecular complexity index is 865. The van der Waals surface area contributed by atoms with Crippen molar-refractivity contribution in [3.8, 4) is 0 Å². The third-order valence-electron chi connectivity index (χ3n) is 3.87. The summed E-state index contributed by atoms with van der Waals surface area (Å²) in [6, 6.07) is 10.3. The maximum atomic E-state index is 12.5. The van der Waals surface area contributed by atoms with Crippen LogP contribution in [0.2, 0.25) is 0 Å². The van der Waals surface area contributed by atoms with Gasteiger partial charge in [0, 0.05) is 43.1 Å². The molecular weight excluding hydrogens is 304 g/mol. The molecule has 1 N–H and O–H groups in total. The summed E-state index contributed by atoms with van der Waals surface area (Å²) in [5, 5.41) is 2.85. The molecule has 24 heavy (non-hydrogen) atoms. The molecule has 6 nitrogen and oxygen atoms in total. The Kier molecular flexibility index (Phi) is 4.29. The zero-order valence-electron chi connectivity index (χ0n) is 13.5. The predicted molar refractivity (Wildman–Crippen MR) is 90.9 cm³/mol. The molecule has 0 aliphatic rings. The number of nitrogens with zero attached hydrogens (tertiary/aromatic N) is 3. The molecule has 122 valence electrons. The minimum Gasteiger partial charge on any atom is -0.342 e. The average molecular weight is 322 g/mol. The molecular formula is C18H18N4O2. The fraction of sp³-hybridized carbons (Fsp3) is 0.167. The lowest BCUT2D eigenvalue weighted by Crippen LogP contribution is -2.23. The number of rotatable bonds is 5. The molecule has 0 radical (unpaired) electrons. The van der Waals surface area contributed by atoms with Gasteiger partial charge in [0.25, 0.3) is 0 Å². The van der Waals surface area contributed by atoms with Crippen LogP contribution in [0.5, 0.6) is 0 Å². The number of hydrogen-bond acceptors (Lipinski definition) is 3.